The predicted octanol–water partition coefficient (Wildman–Crippen LogP) is 1.50. The number of aromatic carboxylic acids is 2. The maximum absolute atomic E-state index is 12.9. The lowest BCUT2D eigenvalue weighted by Crippen LogP contribution is -2.45. The van der Waals surface area contributed by atoms with Crippen molar-refractivity contribution in [3.63, 3.8) is 0 Å². The number of carboxylic acids is 2. The van der Waals surface area contributed by atoms with Crippen LogP contribution >= 0.6 is 0 Å². The number of aromatic nitrogens is 4. The third-order valence-corrected chi connectivity index (χ3v) is 4.39. The monoisotopic (exact) mass is 521 g/mol. The number of esters is 1. The largest absolute Gasteiger partial charge is 0.477 e. The molecule has 2 aromatic rings. The summed E-state index contributed by atoms with van der Waals surface area (Å²) >= 11 is 0. The Balaban J connectivity index is 2.21. The zero-order valence-electron chi connectivity index (χ0n) is 20.8. The number of nitrogens with zero attached hydrogens (tertiary/aromatic N) is 4. The van der Waals surface area contributed by atoms with E-state index in [4.69, 9.17) is 18.9 Å². The van der Waals surface area contributed by atoms with Gasteiger partial charge in [0.25, 0.3) is 0 Å². The van der Waals surface area contributed by atoms with E-state index in [0.29, 0.717) is 5.56 Å². The van der Waals surface area contributed by atoms with Crippen molar-refractivity contribution in [3.05, 3.63) is 29.1 Å². The summed E-state index contributed by atoms with van der Waals surface area (Å²) in [6, 6.07) is 0.443. The van der Waals surface area contributed by atoms with Crippen LogP contribution in [0.15, 0.2) is 12.1 Å². The number of hydrogen-bond donors (Lipinski definition) is 3. The molecule has 0 aliphatic heterocycles. The van der Waals surface area contributed by atoms with E-state index in [2.05, 4.69) is 25.3 Å². The summed E-state index contributed by atoms with van der Waals surface area (Å²) in [5.74, 6) is -3.71. The van der Waals surface area contributed by atoms with Gasteiger partial charge in [0.2, 0.25) is 0 Å². The minimum Gasteiger partial charge on any atom is -0.477 e. The van der Waals surface area contributed by atoms with Gasteiger partial charge in [-0.05, 0) is 57.7 Å². The van der Waals surface area contributed by atoms with Gasteiger partial charge in [0.15, 0.2) is 0 Å². The number of carbonyl (C=O) groups is 4. The fourth-order valence-electron chi connectivity index (χ4n) is 2.87. The van der Waals surface area contributed by atoms with E-state index in [1.807, 2.05) is 0 Å². The average Bonchev–Trinajstić information content (AvgIpc) is 2.81. The molecule has 0 radical (unpaired) electrons. The zero-order chi connectivity index (χ0) is 27.8. The number of pyridine rings is 1. The summed E-state index contributed by atoms with van der Waals surface area (Å²) < 4.78 is 20.2. The molecule has 1 amide bonds. The van der Waals surface area contributed by atoms with Crippen LogP contribution in [-0.2, 0) is 16.0 Å². The third kappa shape index (κ3) is 9.19. The lowest BCUT2D eigenvalue weighted by atomic mass is 10.0. The minimum atomic E-state index is -1.39. The molecular weight excluding hydrogens is 494 g/mol. The number of aryl methyl sites for hydroxylation is 1. The van der Waals surface area contributed by atoms with Crippen LogP contribution in [0.4, 0.5) is 4.79 Å². The normalized spacial score (nSPS) is 11.7. The number of rotatable bonds is 11. The highest BCUT2D eigenvalue weighted by atomic mass is 16.6. The summed E-state index contributed by atoms with van der Waals surface area (Å²) in [5.41, 5.74) is -1.35. The van der Waals surface area contributed by atoms with Crippen LogP contribution in [0.1, 0.15) is 60.2 Å². The summed E-state index contributed by atoms with van der Waals surface area (Å²) in [6.45, 7) is 4.94. The highest BCUT2D eigenvalue weighted by Gasteiger charge is 2.27. The van der Waals surface area contributed by atoms with Crippen LogP contribution < -0.4 is 19.5 Å². The van der Waals surface area contributed by atoms with Crippen molar-refractivity contribution in [2.45, 2.75) is 51.7 Å². The molecule has 0 aromatic carbocycles. The van der Waals surface area contributed by atoms with E-state index >= 15 is 0 Å². The van der Waals surface area contributed by atoms with E-state index in [1.54, 1.807) is 20.8 Å². The van der Waals surface area contributed by atoms with Crippen LogP contribution in [0.5, 0.6) is 18.0 Å². The molecule has 0 bridgehead atoms. The van der Waals surface area contributed by atoms with Gasteiger partial charge in [0, 0.05) is 0 Å². The Morgan fingerprint density at radius 3 is 1.86 bits per heavy atom. The van der Waals surface area contributed by atoms with E-state index in [9.17, 15) is 29.4 Å². The lowest BCUT2D eigenvalue weighted by molar-refractivity contribution is -0.137. The molecule has 0 aliphatic carbocycles. The zero-order valence-corrected chi connectivity index (χ0v) is 20.8. The lowest BCUT2D eigenvalue weighted by Gasteiger charge is -2.22. The topological polar surface area (TPSA) is 209 Å². The summed E-state index contributed by atoms with van der Waals surface area (Å²) in [4.78, 5) is 62.8. The highest BCUT2D eigenvalue weighted by molar-refractivity contribution is 5.90. The third-order valence-electron chi connectivity index (χ3n) is 4.39. The van der Waals surface area contributed by atoms with Crippen molar-refractivity contribution in [2.75, 3.05) is 14.2 Å². The molecule has 0 fully saturated rings. The second-order valence-corrected chi connectivity index (χ2v) is 8.46. The van der Waals surface area contributed by atoms with E-state index in [1.165, 1.54) is 26.4 Å². The maximum atomic E-state index is 12.9. The van der Waals surface area contributed by atoms with Crippen molar-refractivity contribution >= 4 is 24.0 Å². The SMILES string of the molecule is COc1nc(OC)nc(OC(=O)[C@H](CCCc2cc(C(=O)O)nc(C(=O)O)c2)NC(=O)OC(C)(C)C)n1. The number of carbonyl (C=O) groups excluding carboxylic acids is 2. The Bertz CT molecular complexity index is 1110. The molecule has 15 nitrogen and oxygen atoms in total. The number of ether oxygens (including phenoxy) is 4. The molecule has 3 N–H and O–H groups in total. The van der Waals surface area contributed by atoms with Gasteiger partial charge in [-0.1, -0.05) is 0 Å². The van der Waals surface area contributed by atoms with Crippen molar-refractivity contribution < 1.29 is 48.3 Å². The van der Waals surface area contributed by atoms with Gasteiger partial charge in [-0.25, -0.2) is 24.2 Å². The first kappa shape index (κ1) is 28.7. The van der Waals surface area contributed by atoms with Gasteiger partial charge in [0.05, 0.1) is 14.2 Å². The molecule has 15 heteroatoms. The van der Waals surface area contributed by atoms with Crippen LogP contribution in [0.25, 0.3) is 0 Å². The Labute approximate surface area is 211 Å². The molecule has 0 saturated heterocycles. The molecule has 0 saturated carbocycles. The number of nitrogens with one attached hydrogen (secondary N) is 1. The summed E-state index contributed by atoms with van der Waals surface area (Å²) in [6.07, 6.45) is -0.506. The first-order valence-corrected chi connectivity index (χ1v) is 10.8. The highest BCUT2D eigenvalue weighted by Crippen LogP contribution is 2.17. The number of amides is 1. The maximum Gasteiger partial charge on any atom is 0.408 e. The molecule has 2 heterocycles. The van der Waals surface area contributed by atoms with Crippen LogP contribution in [0.3, 0.4) is 0 Å². The van der Waals surface area contributed by atoms with Gasteiger partial charge in [-0.2, -0.15) is 0 Å². The van der Waals surface area contributed by atoms with E-state index in [-0.39, 0.29) is 31.3 Å². The number of carboxylic acid groups (broad SMARTS) is 2. The number of hydrogen-bond acceptors (Lipinski definition) is 12. The fourth-order valence-corrected chi connectivity index (χ4v) is 2.87. The van der Waals surface area contributed by atoms with Crippen molar-refractivity contribution in [3.8, 4) is 18.0 Å². The smallest absolute Gasteiger partial charge is 0.408 e. The van der Waals surface area contributed by atoms with Gasteiger partial charge in [-0.15, -0.1) is 15.0 Å². The molecule has 0 spiro atoms. The average molecular weight is 521 g/mol. The Hall–Kier alpha value is -4.56. The molecule has 0 unspecified atom stereocenters. The van der Waals surface area contributed by atoms with Gasteiger partial charge in [0.1, 0.15) is 23.0 Å². The Morgan fingerprint density at radius 1 is 0.892 bits per heavy atom. The molecule has 200 valence electrons. The number of methoxy groups -OCH3 is 2. The van der Waals surface area contributed by atoms with Crippen LogP contribution in [0.2, 0.25) is 0 Å². The molecule has 0 aliphatic rings. The first-order chi connectivity index (χ1) is 17.3. The predicted molar refractivity (Wildman–Crippen MR) is 123 cm³/mol. The van der Waals surface area contributed by atoms with Crippen molar-refractivity contribution in [1.29, 1.82) is 0 Å². The van der Waals surface area contributed by atoms with Gasteiger partial charge >= 0.3 is 42.0 Å². The number of alkyl carbamates (subject to hydrolysis) is 1. The van der Waals surface area contributed by atoms with Gasteiger partial charge < -0.3 is 34.5 Å². The summed E-state index contributed by atoms with van der Waals surface area (Å²) in [5, 5.41) is 20.8. The van der Waals surface area contributed by atoms with Crippen LogP contribution in [-0.4, -0.2) is 80.0 Å². The molecule has 37 heavy (non-hydrogen) atoms. The Kier molecular flexibility index (Phi) is 9.62. The van der Waals surface area contributed by atoms with Crippen molar-refractivity contribution in [2.24, 2.45) is 0 Å². The summed E-state index contributed by atoms with van der Waals surface area (Å²) in [7, 11) is 2.58. The van der Waals surface area contributed by atoms with Crippen LogP contribution in [0, 0.1) is 0 Å². The minimum absolute atomic E-state index is 0.00453. The second-order valence-electron chi connectivity index (χ2n) is 8.46. The fraction of sp³-hybridized carbons (Fsp3) is 0.455. The van der Waals surface area contributed by atoms with E-state index in [0.717, 1.165) is 0 Å². The van der Waals surface area contributed by atoms with Gasteiger partial charge in [-0.3, -0.25) is 0 Å². The standard InChI is InChI=1S/C22H27N5O10/c1-22(2,3)37-21(33)24-12(17(32)36-20-26-18(34-4)25-19(27-20)35-5)8-6-7-11-9-13(15(28)29)23-14(10-11)16(30)31/h9-10,12H,6-8H2,1-5H3,(H,24,33)(H,28,29)(H,30,31)/t12-/m0/s1. The molecule has 2 aromatic heterocycles. The quantitative estimate of drug-likeness (QED) is 0.358. The first-order valence-electron chi connectivity index (χ1n) is 10.8. The molecule has 1 atom stereocenters. The Morgan fingerprint density at radius 2 is 1.41 bits per heavy atom. The van der Waals surface area contributed by atoms with Crippen molar-refractivity contribution in [1.82, 2.24) is 25.3 Å². The molecular formula is C22H27N5O10. The second kappa shape index (κ2) is 12.4. The van der Waals surface area contributed by atoms with E-state index < -0.39 is 53.0 Å². The molecule has 2 rings (SSSR count).